The molecule has 0 aliphatic carbocycles. The maximum atomic E-state index is 12.3. The molecule has 0 bridgehead atoms. The summed E-state index contributed by atoms with van der Waals surface area (Å²) in [7, 11) is 7.59. The number of ether oxygens (including phenoxy) is 2. The number of carbonyl (C=O) groups is 2. The van der Waals surface area contributed by atoms with Crippen LogP contribution in [-0.2, 0) is 27.4 Å². The van der Waals surface area contributed by atoms with Gasteiger partial charge in [0.15, 0.2) is 6.73 Å². The Morgan fingerprint density at radius 3 is 2.32 bits per heavy atom. The number of fused-ring (bicyclic) bond motifs is 1. The molecule has 0 atom stereocenters. The minimum atomic E-state index is -0.469. The van der Waals surface area contributed by atoms with E-state index < -0.39 is 5.97 Å². The summed E-state index contributed by atoms with van der Waals surface area (Å²) in [5.41, 5.74) is 3.19. The van der Waals surface area contributed by atoms with E-state index in [1.807, 2.05) is 48.5 Å². The van der Waals surface area contributed by atoms with Crippen molar-refractivity contribution >= 4 is 28.5 Å². The summed E-state index contributed by atoms with van der Waals surface area (Å²) in [4.78, 5) is 24.4. The predicted molar refractivity (Wildman–Crippen MR) is 109 cm³/mol. The molecule has 6 nitrogen and oxygen atoms in total. The van der Waals surface area contributed by atoms with Gasteiger partial charge in [-0.15, -0.1) is 0 Å². The lowest BCUT2D eigenvalue weighted by Gasteiger charge is -2.23. The minimum absolute atomic E-state index is 0.0479. The van der Waals surface area contributed by atoms with Crippen molar-refractivity contribution in [3.63, 3.8) is 0 Å². The molecule has 6 heteroatoms. The van der Waals surface area contributed by atoms with Gasteiger partial charge in [-0.05, 0) is 29.8 Å². The number of carbonyl (C=O) groups excluding carboxylic acids is 2. The molecule has 0 unspecified atom stereocenters. The van der Waals surface area contributed by atoms with Gasteiger partial charge in [0, 0.05) is 5.39 Å². The number of hydrogen-bond donors (Lipinski definition) is 0. The quantitative estimate of drug-likeness (QED) is 0.485. The molecule has 1 heterocycles. The molecule has 0 aliphatic rings. The van der Waals surface area contributed by atoms with Gasteiger partial charge in [-0.2, -0.15) is 0 Å². The smallest absolute Gasteiger partial charge is 0.354 e. The van der Waals surface area contributed by atoms with Crippen molar-refractivity contribution in [3.05, 3.63) is 65.9 Å². The molecule has 3 rings (SSSR count). The van der Waals surface area contributed by atoms with E-state index in [2.05, 4.69) is 21.1 Å². The lowest BCUT2D eigenvalue weighted by atomic mass is 10.1. The SMILES string of the molecule is COC(=O)c1cc2ccccc2n1COC(=O)Cc1ccc([N+](C)(C)C)cc1. The molecule has 2 aromatic carbocycles. The number of benzene rings is 2. The average molecular weight is 381 g/mol. The van der Waals surface area contributed by atoms with Crippen LogP contribution >= 0.6 is 0 Å². The fourth-order valence-electron chi connectivity index (χ4n) is 3.04. The van der Waals surface area contributed by atoms with Gasteiger partial charge >= 0.3 is 11.9 Å². The standard InChI is InChI=1S/C22H25N2O4/c1-24(2,3)18-11-9-16(10-12-18)13-21(25)28-15-23-19-8-6-5-7-17(19)14-20(23)22(26)27-4/h5-12,14H,13,15H2,1-4H3/q+1. The molecule has 0 spiro atoms. The number of methoxy groups -OCH3 is 1. The van der Waals surface area contributed by atoms with Gasteiger partial charge < -0.3 is 14.0 Å². The Hall–Kier alpha value is -3.12. The second-order valence-electron chi connectivity index (χ2n) is 7.51. The molecule has 28 heavy (non-hydrogen) atoms. The number of quaternary nitrogens is 1. The predicted octanol–water partition coefficient (Wildman–Crippen LogP) is 3.37. The zero-order valence-electron chi connectivity index (χ0n) is 16.6. The highest BCUT2D eigenvalue weighted by molar-refractivity contribution is 5.95. The minimum Gasteiger partial charge on any atom is -0.464 e. The maximum absolute atomic E-state index is 12.3. The van der Waals surface area contributed by atoms with Crippen LogP contribution in [0.2, 0.25) is 0 Å². The van der Waals surface area contributed by atoms with E-state index in [1.165, 1.54) is 7.11 Å². The van der Waals surface area contributed by atoms with Crippen molar-refractivity contribution in [3.8, 4) is 0 Å². The highest BCUT2D eigenvalue weighted by atomic mass is 16.5. The lowest BCUT2D eigenvalue weighted by molar-refractivity contribution is -0.146. The van der Waals surface area contributed by atoms with Crippen molar-refractivity contribution in [2.45, 2.75) is 13.2 Å². The molecule has 146 valence electrons. The fourth-order valence-corrected chi connectivity index (χ4v) is 3.04. The first kappa shape index (κ1) is 19.6. The normalized spacial score (nSPS) is 11.4. The third kappa shape index (κ3) is 4.23. The van der Waals surface area contributed by atoms with Crippen LogP contribution in [0.15, 0.2) is 54.6 Å². The van der Waals surface area contributed by atoms with Gasteiger partial charge in [0.25, 0.3) is 0 Å². The molecular formula is C22H25N2O4+. The lowest BCUT2D eigenvalue weighted by Crippen LogP contribution is -2.34. The summed E-state index contributed by atoms with van der Waals surface area (Å²) in [6.07, 6.45) is 0.171. The third-order valence-electron chi connectivity index (χ3n) is 4.62. The molecular weight excluding hydrogens is 356 g/mol. The first-order chi connectivity index (χ1) is 13.3. The van der Waals surface area contributed by atoms with Gasteiger partial charge in [-0.3, -0.25) is 9.28 Å². The number of aromatic nitrogens is 1. The number of nitrogens with zero attached hydrogens (tertiary/aromatic N) is 2. The molecule has 0 aliphatic heterocycles. The zero-order chi connectivity index (χ0) is 20.3. The highest BCUT2D eigenvalue weighted by Crippen LogP contribution is 2.21. The first-order valence-electron chi connectivity index (χ1n) is 9.03. The Bertz CT molecular complexity index is 998. The first-order valence-corrected chi connectivity index (χ1v) is 9.03. The summed E-state index contributed by atoms with van der Waals surface area (Å²) >= 11 is 0. The van der Waals surface area contributed by atoms with Gasteiger partial charge in [0.1, 0.15) is 11.4 Å². The largest absolute Gasteiger partial charge is 0.464 e. The van der Waals surface area contributed by atoms with E-state index in [4.69, 9.17) is 9.47 Å². The zero-order valence-corrected chi connectivity index (χ0v) is 16.6. The third-order valence-corrected chi connectivity index (χ3v) is 4.62. The van der Waals surface area contributed by atoms with Crippen LogP contribution in [0.1, 0.15) is 16.1 Å². The van der Waals surface area contributed by atoms with Crippen molar-refractivity contribution < 1.29 is 19.1 Å². The van der Waals surface area contributed by atoms with Crippen LogP contribution in [0.25, 0.3) is 10.9 Å². The van der Waals surface area contributed by atoms with E-state index in [1.54, 1.807) is 10.6 Å². The van der Waals surface area contributed by atoms with Crippen LogP contribution in [0.5, 0.6) is 0 Å². The summed E-state index contributed by atoms with van der Waals surface area (Å²) in [5, 5.41) is 0.884. The molecule has 1 aromatic heterocycles. The summed E-state index contributed by atoms with van der Waals surface area (Å²) in [6.45, 7) is -0.0479. The van der Waals surface area contributed by atoms with Gasteiger partial charge in [0.2, 0.25) is 0 Å². The Morgan fingerprint density at radius 1 is 1.00 bits per heavy atom. The summed E-state index contributed by atoms with van der Waals surface area (Å²) < 4.78 is 12.7. The van der Waals surface area contributed by atoms with E-state index in [-0.39, 0.29) is 19.1 Å². The van der Waals surface area contributed by atoms with Gasteiger partial charge in [-0.1, -0.05) is 30.3 Å². The highest BCUT2D eigenvalue weighted by Gasteiger charge is 2.17. The summed E-state index contributed by atoms with van der Waals surface area (Å²) in [5.74, 6) is -0.824. The molecule has 0 saturated heterocycles. The van der Waals surface area contributed by atoms with Crippen molar-refractivity contribution in [2.24, 2.45) is 0 Å². The molecule has 0 radical (unpaired) electrons. The fraction of sp³-hybridized carbons (Fsp3) is 0.273. The van der Waals surface area contributed by atoms with Crippen LogP contribution in [0, 0.1) is 0 Å². The van der Waals surface area contributed by atoms with E-state index >= 15 is 0 Å². The Morgan fingerprint density at radius 2 is 1.68 bits per heavy atom. The van der Waals surface area contributed by atoms with Crippen molar-refractivity contribution in [1.82, 2.24) is 9.05 Å². The number of rotatable bonds is 6. The van der Waals surface area contributed by atoms with Gasteiger partial charge in [-0.25, -0.2) is 4.79 Å². The van der Waals surface area contributed by atoms with Crippen LogP contribution in [0.4, 0.5) is 5.69 Å². The molecule has 3 aromatic rings. The molecule has 0 saturated carbocycles. The number of para-hydroxylation sites is 1. The van der Waals surface area contributed by atoms with E-state index in [0.29, 0.717) is 10.2 Å². The Kier molecular flexibility index (Phi) is 5.51. The Balaban J connectivity index is 1.72. The average Bonchev–Trinajstić information content (AvgIpc) is 3.04. The number of esters is 2. The molecule has 0 fully saturated rings. The van der Waals surface area contributed by atoms with Crippen molar-refractivity contribution in [1.29, 1.82) is 0 Å². The van der Waals surface area contributed by atoms with Crippen LogP contribution in [-0.4, -0.2) is 44.8 Å². The van der Waals surface area contributed by atoms with E-state index in [0.717, 1.165) is 22.2 Å². The molecule has 0 N–H and O–H groups in total. The maximum Gasteiger partial charge on any atom is 0.354 e. The van der Waals surface area contributed by atoms with Gasteiger partial charge in [0.05, 0.1) is 40.2 Å². The van der Waals surface area contributed by atoms with Crippen LogP contribution < -0.4 is 4.48 Å². The Labute approximate surface area is 164 Å². The van der Waals surface area contributed by atoms with E-state index in [9.17, 15) is 9.59 Å². The number of hydrogen-bond acceptors (Lipinski definition) is 4. The summed E-state index contributed by atoms with van der Waals surface area (Å²) in [6, 6.07) is 17.2. The topological polar surface area (TPSA) is 57.5 Å². The second kappa shape index (κ2) is 7.86. The van der Waals surface area contributed by atoms with Crippen LogP contribution in [0.3, 0.4) is 0 Å². The second-order valence-corrected chi connectivity index (χ2v) is 7.51. The van der Waals surface area contributed by atoms with Crippen molar-refractivity contribution in [2.75, 3.05) is 28.3 Å². The molecule has 0 amide bonds. The monoisotopic (exact) mass is 381 g/mol.